The maximum atomic E-state index is 12.5. The van der Waals surface area contributed by atoms with Gasteiger partial charge in [0.2, 0.25) is 5.91 Å². The van der Waals surface area contributed by atoms with Crippen LogP contribution in [0.5, 0.6) is 0 Å². The summed E-state index contributed by atoms with van der Waals surface area (Å²) in [4.78, 5) is 30.9. The second kappa shape index (κ2) is 9.24. The number of anilines is 1. The minimum atomic E-state index is -0.280. The van der Waals surface area contributed by atoms with Crippen LogP contribution >= 0.6 is 11.8 Å². The third-order valence-corrected chi connectivity index (χ3v) is 5.48. The average molecular weight is 414 g/mol. The first-order chi connectivity index (χ1) is 14.7. The fourth-order valence-corrected chi connectivity index (χ4v) is 3.84. The molecule has 4 rings (SSSR count). The first-order valence-corrected chi connectivity index (χ1v) is 10.2. The number of nitrogens with zero attached hydrogens (tertiary/aromatic N) is 1. The smallest absolute Gasteiger partial charge is 0.252 e. The Labute approximate surface area is 178 Å². The fourth-order valence-electron chi connectivity index (χ4n) is 3.03. The lowest BCUT2D eigenvalue weighted by Crippen LogP contribution is -2.32. The number of hydrogen-bond donors (Lipinski definition) is 2. The van der Waals surface area contributed by atoms with Gasteiger partial charge in [0.05, 0.1) is 6.54 Å². The van der Waals surface area contributed by atoms with Crippen molar-refractivity contribution in [2.24, 2.45) is 0 Å². The molecule has 5 nitrogen and oxygen atoms in total. The highest BCUT2D eigenvalue weighted by Gasteiger charge is 2.11. The zero-order chi connectivity index (χ0) is 20.8. The lowest BCUT2D eigenvalue weighted by molar-refractivity contribution is -0.115. The maximum Gasteiger partial charge on any atom is 0.252 e. The molecule has 0 radical (unpaired) electrons. The Kier molecular flexibility index (Phi) is 6.06. The van der Waals surface area contributed by atoms with Crippen molar-refractivity contribution >= 4 is 40.0 Å². The van der Waals surface area contributed by atoms with Gasteiger partial charge in [-0.3, -0.25) is 14.6 Å². The van der Waals surface area contributed by atoms with Gasteiger partial charge in [0.25, 0.3) is 5.91 Å². The SMILES string of the molecule is O=C(CNC(=O)c1cccc2ccccc12)Nc1ccc(Sc2ccncc2)cc1. The van der Waals surface area contributed by atoms with Gasteiger partial charge in [0.15, 0.2) is 0 Å². The zero-order valence-electron chi connectivity index (χ0n) is 16.0. The summed E-state index contributed by atoms with van der Waals surface area (Å²) in [6.07, 6.45) is 3.51. The second-order valence-corrected chi connectivity index (χ2v) is 7.71. The van der Waals surface area contributed by atoms with E-state index < -0.39 is 0 Å². The lowest BCUT2D eigenvalue weighted by atomic mass is 10.0. The number of nitrogens with one attached hydrogen (secondary N) is 2. The number of carbonyl (C=O) groups excluding carboxylic acids is 2. The topological polar surface area (TPSA) is 71.1 Å². The third kappa shape index (κ3) is 4.85. The second-order valence-electron chi connectivity index (χ2n) is 6.57. The Morgan fingerprint density at radius 2 is 1.50 bits per heavy atom. The van der Waals surface area contributed by atoms with Gasteiger partial charge < -0.3 is 10.6 Å². The molecular weight excluding hydrogens is 394 g/mol. The summed E-state index contributed by atoms with van der Waals surface area (Å²) in [6, 6.07) is 24.7. The first-order valence-electron chi connectivity index (χ1n) is 9.43. The van der Waals surface area contributed by atoms with Gasteiger partial charge in [-0.2, -0.15) is 0 Å². The van der Waals surface area contributed by atoms with Crippen LogP contribution < -0.4 is 10.6 Å². The molecule has 1 aromatic heterocycles. The molecule has 0 unspecified atom stereocenters. The monoisotopic (exact) mass is 413 g/mol. The van der Waals surface area contributed by atoms with E-state index in [9.17, 15) is 9.59 Å². The minimum absolute atomic E-state index is 0.102. The maximum absolute atomic E-state index is 12.5. The highest BCUT2D eigenvalue weighted by Crippen LogP contribution is 2.27. The number of aromatic nitrogens is 1. The van der Waals surface area contributed by atoms with Crippen LogP contribution in [0, 0.1) is 0 Å². The van der Waals surface area contributed by atoms with Crippen molar-refractivity contribution in [3.05, 3.63) is 96.8 Å². The summed E-state index contributed by atoms with van der Waals surface area (Å²) in [6.45, 7) is -0.102. The molecule has 4 aromatic rings. The molecule has 0 saturated carbocycles. The minimum Gasteiger partial charge on any atom is -0.343 e. The van der Waals surface area contributed by atoms with E-state index in [1.54, 1.807) is 30.2 Å². The number of amides is 2. The zero-order valence-corrected chi connectivity index (χ0v) is 16.9. The Balaban J connectivity index is 1.33. The molecule has 0 aliphatic carbocycles. The van der Waals surface area contributed by atoms with Crippen molar-refractivity contribution in [3.63, 3.8) is 0 Å². The van der Waals surface area contributed by atoms with Gasteiger partial charge in [0.1, 0.15) is 0 Å². The summed E-state index contributed by atoms with van der Waals surface area (Å²) in [5, 5.41) is 7.35. The quantitative estimate of drug-likeness (QED) is 0.478. The van der Waals surface area contributed by atoms with E-state index in [0.717, 1.165) is 20.6 Å². The molecule has 0 aliphatic heterocycles. The van der Waals surface area contributed by atoms with Crippen molar-refractivity contribution in [2.75, 3.05) is 11.9 Å². The van der Waals surface area contributed by atoms with Crippen LogP contribution in [-0.4, -0.2) is 23.3 Å². The molecule has 30 heavy (non-hydrogen) atoms. The van der Waals surface area contributed by atoms with Crippen LogP contribution in [0.2, 0.25) is 0 Å². The number of carbonyl (C=O) groups is 2. The summed E-state index contributed by atoms with van der Waals surface area (Å²) in [7, 11) is 0. The number of rotatable bonds is 6. The number of hydrogen-bond acceptors (Lipinski definition) is 4. The molecule has 0 fully saturated rings. The molecule has 0 bridgehead atoms. The molecule has 2 amide bonds. The van der Waals surface area contributed by atoms with Crippen LogP contribution in [0.3, 0.4) is 0 Å². The number of fused-ring (bicyclic) bond motifs is 1. The van der Waals surface area contributed by atoms with Crippen molar-refractivity contribution in [2.45, 2.75) is 9.79 Å². The molecule has 3 aromatic carbocycles. The molecule has 0 spiro atoms. The average Bonchev–Trinajstić information content (AvgIpc) is 2.79. The predicted molar refractivity (Wildman–Crippen MR) is 120 cm³/mol. The van der Waals surface area contributed by atoms with Crippen LogP contribution in [-0.2, 0) is 4.79 Å². The van der Waals surface area contributed by atoms with Crippen LogP contribution in [0.4, 0.5) is 5.69 Å². The normalized spacial score (nSPS) is 10.5. The van der Waals surface area contributed by atoms with E-state index in [4.69, 9.17) is 0 Å². The predicted octanol–water partition coefficient (Wildman–Crippen LogP) is 4.75. The summed E-state index contributed by atoms with van der Waals surface area (Å²) < 4.78 is 0. The highest BCUT2D eigenvalue weighted by atomic mass is 32.2. The molecule has 148 valence electrons. The Morgan fingerprint density at radius 1 is 0.800 bits per heavy atom. The van der Waals surface area contributed by atoms with Gasteiger partial charge in [-0.05, 0) is 53.2 Å². The number of pyridine rings is 1. The van der Waals surface area contributed by atoms with Gasteiger partial charge in [-0.1, -0.05) is 48.2 Å². The van der Waals surface area contributed by atoms with Crippen molar-refractivity contribution in [1.82, 2.24) is 10.3 Å². The summed E-state index contributed by atoms with van der Waals surface area (Å²) >= 11 is 1.62. The molecular formula is C24H19N3O2S. The van der Waals surface area contributed by atoms with Gasteiger partial charge >= 0.3 is 0 Å². The van der Waals surface area contributed by atoms with Gasteiger partial charge in [0, 0.05) is 33.4 Å². The molecule has 2 N–H and O–H groups in total. The lowest BCUT2D eigenvalue weighted by Gasteiger charge is -2.09. The molecule has 6 heteroatoms. The van der Waals surface area contributed by atoms with Crippen LogP contribution in [0.25, 0.3) is 10.8 Å². The number of benzene rings is 3. The van der Waals surface area contributed by atoms with E-state index in [1.807, 2.05) is 72.8 Å². The van der Waals surface area contributed by atoms with Crippen molar-refractivity contribution < 1.29 is 9.59 Å². The molecule has 0 atom stereocenters. The van der Waals surface area contributed by atoms with Crippen molar-refractivity contribution in [3.8, 4) is 0 Å². The summed E-state index contributed by atoms with van der Waals surface area (Å²) in [5.74, 6) is -0.552. The standard InChI is InChI=1S/C24H19N3O2S/c28-23(16-26-24(29)22-7-3-5-17-4-1-2-6-21(17)22)27-18-8-10-19(11-9-18)30-20-12-14-25-15-13-20/h1-15H,16H2,(H,26,29)(H,27,28). The summed E-state index contributed by atoms with van der Waals surface area (Å²) in [5.41, 5.74) is 1.23. The van der Waals surface area contributed by atoms with Crippen molar-refractivity contribution in [1.29, 1.82) is 0 Å². The Bertz CT molecular complexity index is 1170. The first kappa shape index (κ1) is 19.7. The van der Waals surface area contributed by atoms with Crippen LogP contribution in [0.1, 0.15) is 10.4 Å². The van der Waals surface area contributed by atoms with Crippen LogP contribution in [0.15, 0.2) is 101 Å². The van der Waals surface area contributed by atoms with Gasteiger partial charge in [-0.25, -0.2) is 0 Å². The largest absolute Gasteiger partial charge is 0.343 e. The molecule has 1 heterocycles. The fraction of sp³-hybridized carbons (Fsp3) is 0.0417. The Hall–Kier alpha value is -3.64. The van der Waals surface area contributed by atoms with Gasteiger partial charge in [-0.15, -0.1) is 0 Å². The molecule has 0 aliphatic rings. The van der Waals surface area contributed by atoms with E-state index in [1.165, 1.54) is 0 Å². The van der Waals surface area contributed by atoms with E-state index in [-0.39, 0.29) is 18.4 Å². The van der Waals surface area contributed by atoms with E-state index in [0.29, 0.717) is 11.3 Å². The third-order valence-electron chi connectivity index (χ3n) is 4.47. The highest BCUT2D eigenvalue weighted by molar-refractivity contribution is 7.99. The van der Waals surface area contributed by atoms with E-state index in [2.05, 4.69) is 15.6 Å². The van der Waals surface area contributed by atoms with E-state index >= 15 is 0 Å². The Morgan fingerprint density at radius 3 is 2.30 bits per heavy atom. The molecule has 0 saturated heterocycles.